The number of amides is 2. The van der Waals surface area contributed by atoms with Crippen molar-refractivity contribution in [2.75, 3.05) is 26.7 Å². The van der Waals surface area contributed by atoms with Gasteiger partial charge in [0.1, 0.15) is 0 Å². The van der Waals surface area contributed by atoms with Gasteiger partial charge in [-0.3, -0.25) is 9.59 Å². The van der Waals surface area contributed by atoms with Crippen molar-refractivity contribution in [2.24, 2.45) is 0 Å². The van der Waals surface area contributed by atoms with Crippen molar-refractivity contribution < 1.29 is 14.1 Å². The molecule has 0 spiro atoms. The van der Waals surface area contributed by atoms with Crippen LogP contribution in [0.1, 0.15) is 52.2 Å². The van der Waals surface area contributed by atoms with Gasteiger partial charge in [-0.25, -0.2) is 0 Å². The fourth-order valence-electron chi connectivity index (χ4n) is 3.87. The summed E-state index contributed by atoms with van der Waals surface area (Å²) in [5.41, 5.74) is 2.00. The van der Waals surface area contributed by atoms with Gasteiger partial charge < -0.3 is 14.3 Å². The Morgan fingerprint density at radius 2 is 1.61 bits per heavy atom. The highest BCUT2D eigenvalue weighted by Gasteiger charge is 2.18. The van der Waals surface area contributed by atoms with Crippen LogP contribution in [0.3, 0.4) is 0 Å². The molecule has 0 bridgehead atoms. The quantitative estimate of drug-likeness (QED) is 0.525. The number of nitrogens with zero attached hydrogens (tertiary/aromatic N) is 4. The minimum atomic E-state index is -0.0972. The third-order valence-corrected chi connectivity index (χ3v) is 6.10. The third kappa shape index (κ3) is 5.79. The van der Waals surface area contributed by atoms with Crippen LogP contribution in [0.4, 0.5) is 0 Å². The molecule has 0 N–H and O–H groups in total. The number of carbonyl (C=O) groups is 2. The lowest BCUT2D eigenvalue weighted by atomic mass is 10.1. The zero-order valence-corrected chi connectivity index (χ0v) is 19.4. The molecule has 0 unspecified atom stereocenters. The molecule has 1 aromatic heterocycles. The van der Waals surface area contributed by atoms with E-state index in [1.165, 1.54) is 12.8 Å². The molecule has 8 heteroatoms. The monoisotopic (exact) mass is 466 g/mol. The first-order valence-electron chi connectivity index (χ1n) is 11.2. The molecule has 1 saturated heterocycles. The summed E-state index contributed by atoms with van der Waals surface area (Å²) in [4.78, 5) is 33.3. The molecule has 2 heterocycles. The molecule has 7 nitrogen and oxygen atoms in total. The number of aromatic nitrogens is 2. The summed E-state index contributed by atoms with van der Waals surface area (Å²) in [7, 11) is 1.73. The fourth-order valence-corrected chi connectivity index (χ4v) is 3.99. The number of benzene rings is 2. The van der Waals surface area contributed by atoms with Gasteiger partial charge in [0.25, 0.3) is 17.7 Å². The largest absolute Gasteiger partial charge is 0.341 e. The molecule has 0 saturated carbocycles. The first-order valence-corrected chi connectivity index (χ1v) is 11.6. The van der Waals surface area contributed by atoms with Gasteiger partial charge in [0.2, 0.25) is 0 Å². The lowest BCUT2D eigenvalue weighted by Crippen LogP contribution is -2.31. The smallest absolute Gasteiger partial charge is 0.257 e. The van der Waals surface area contributed by atoms with Crippen LogP contribution in [0.5, 0.6) is 0 Å². The molecule has 2 amide bonds. The Morgan fingerprint density at radius 3 is 2.27 bits per heavy atom. The summed E-state index contributed by atoms with van der Waals surface area (Å²) in [5, 5.41) is 4.62. The summed E-state index contributed by atoms with van der Waals surface area (Å²) in [6, 6.07) is 14.1. The second-order valence-corrected chi connectivity index (χ2v) is 8.72. The van der Waals surface area contributed by atoms with E-state index in [0.29, 0.717) is 40.8 Å². The molecule has 33 heavy (non-hydrogen) atoms. The molecular weight excluding hydrogens is 440 g/mol. The van der Waals surface area contributed by atoms with Crippen molar-refractivity contribution in [3.8, 4) is 11.5 Å². The van der Waals surface area contributed by atoms with Gasteiger partial charge in [-0.2, -0.15) is 4.98 Å². The predicted octanol–water partition coefficient (Wildman–Crippen LogP) is 4.72. The Hall–Kier alpha value is -3.19. The normalized spacial score (nSPS) is 14.1. The zero-order valence-electron chi connectivity index (χ0n) is 18.7. The maximum absolute atomic E-state index is 12.8. The topological polar surface area (TPSA) is 79.5 Å². The van der Waals surface area contributed by atoms with E-state index in [1.807, 2.05) is 29.2 Å². The molecule has 0 radical (unpaired) electrons. The Balaban J connectivity index is 1.34. The van der Waals surface area contributed by atoms with E-state index < -0.39 is 0 Å². The van der Waals surface area contributed by atoms with E-state index in [9.17, 15) is 9.59 Å². The SMILES string of the molecule is CN(CCc1noc(-c2ccc(C(=O)N3CCCCCC3)cc2)n1)C(=O)c1ccc(Cl)cc1. The second-order valence-electron chi connectivity index (χ2n) is 8.28. The zero-order chi connectivity index (χ0) is 23.2. The van der Waals surface area contributed by atoms with Crippen molar-refractivity contribution in [1.82, 2.24) is 19.9 Å². The van der Waals surface area contributed by atoms with E-state index in [1.54, 1.807) is 36.2 Å². The Morgan fingerprint density at radius 1 is 0.970 bits per heavy atom. The van der Waals surface area contributed by atoms with Crippen LogP contribution in [-0.2, 0) is 6.42 Å². The van der Waals surface area contributed by atoms with Gasteiger partial charge >= 0.3 is 0 Å². The van der Waals surface area contributed by atoms with Crippen molar-refractivity contribution >= 4 is 23.4 Å². The summed E-state index contributed by atoms with van der Waals surface area (Å²) in [5.74, 6) is 0.888. The Kier molecular flexibility index (Phi) is 7.40. The fraction of sp³-hybridized carbons (Fsp3) is 0.360. The highest BCUT2D eigenvalue weighted by molar-refractivity contribution is 6.30. The summed E-state index contributed by atoms with van der Waals surface area (Å²) >= 11 is 5.88. The van der Waals surface area contributed by atoms with Crippen LogP contribution in [0.25, 0.3) is 11.5 Å². The van der Waals surface area contributed by atoms with Crippen LogP contribution in [0, 0.1) is 0 Å². The first kappa shape index (κ1) is 23.0. The van der Waals surface area contributed by atoms with Crippen molar-refractivity contribution in [1.29, 1.82) is 0 Å². The number of hydrogen-bond donors (Lipinski definition) is 0. The van der Waals surface area contributed by atoms with Crippen LogP contribution in [0.2, 0.25) is 5.02 Å². The van der Waals surface area contributed by atoms with Gasteiger partial charge in [0.15, 0.2) is 5.82 Å². The molecule has 0 aliphatic carbocycles. The molecule has 2 aromatic carbocycles. The first-order chi connectivity index (χ1) is 16.0. The summed E-state index contributed by atoms with van der Waals surface area (Å²) in [6.07, 6.45) is 4.97. The van der Waals surface area contributed by atoms with Crippen molar-refractivity contribution in [2.45, 2.75) is 32.1 Å². The number of likely N-dealkylation sites (N-methyl/N-ethyl adjacent to an activating group) is 1. The standard InChI is InChI=1S/C25H27ClN4O3/c1-29(24(31)19-10-12-21(26)13-11-19)17-14-22-27-23(33-28-22)18-6-8-20(9-7-18)25(32)30-15-4-2-3-5-16-30/h6-13H,2-5,14-17H2,1H3. The Bertz CT molecular complexity index is 1090. The number of hydrogen-bond acceptors (Lipinski definition) is 5. The lowest BCUT2D eigenvalue weighted by molar-refractivity contribution is 0.0760. The van der Waals surface area contributed by atoms with Crippen LogP contribution >= 0.6 is 11.6 Å². The van der Waals surface area contributed by atoms with E-state index >= 15 is 0 Å². The number of likely N-dealkylation sites (tertiary alicyclic amines) is 1. The van der Waals surface area contributed by atoms with Gasteiger partial charge in [-0.1, -0.05) is 29.6 Å². The van der Waals surface area contributed by atoms with Crippen molar-refractivity contribution in [3.05, 3.63) is 70.5 Å². The molecule has 1 fully saturated rings. The molecule has 1 aliphatic rings. The average Bonchev–Trinajstić information content (AvgIpc) is 3.15. The van der Waals surface area contributed by atoms with Crippen LogP contribution in [0.15, 0.2) is 53.1 Å². The number of carbonyl (C=O) groups excluding carboxylic acids is 2. The van der Waals surface area contributed by atoms with Gasteiger partial charge in [0.05, 0.1) is 0 Å². The molecule has 172 valence electrons. The van der Waals surface area contributed by atoms with E-state index in [2.05, 4.69) is 10.1 Å². The minimum Gasteiger partial charge on any atom is -0.341 e. The van der Waals surface area contributed by atoms with E-state index in [-0.39, 0.29) is 11.8 Å². The van der Waals surface area contributed by atoms with Gasteiger partial charge in [0, 0.05) is 54.8 Å². The van der Waals surface area contributed by atoms with E-state index in [0.717, 1.165) is 31.5 Å². The number of halogens is 1. The summed E-state index contributed by atoms with van der Waals surface area (Å²) in [6.45, 7) is 2.09. The molecule has 0 atom stereocenters. The molecule has 1 aliphatic heterocycles. The molecule has 3 aromatic rings. The predicted molar refractivity (Wildman–Crippen MR) is 126 cm³/mol. The minimum absolute atomic E-state index is 0.0723. The molecular formula is C25H27ClN4O3. The van der Waals surface area contributed by atoms with Crippen molar-refractivity contribution in [3.63, 3.8) is 0 Å². The average molecular weight is 467 g/mol. The highest BCUT2D eigenvalue weighted by atomic mass is 35.5. The molecule has 4 rings (SSSR count). The van der Waals surface area contributed by atoms with Gasteiger partial charge in [-0.05, 0) is 61.4 Å². The van der Waals surface area contributed by atoms with E-state index in [4.69, 9.17) is 16.1 Å². The highest BCUT2D eigenvalue weighted by Crippen LogP contribution is 2.20. The maximum Gasteiger partial charge on any atom is 0.257 e. The maximum atomic E-state index is 12.8. The van der Waals surface area contributed by atoms with Gasteiger partial charge in [-0.15, -0.1) is 0 Å². The lowest BCUT2D eigenvalue weighted by Gasteiger charge is -2.20. The summed E-state index contributed by atoms with van der Waals surface area (Å²) < 4.78 is 5.40. The van der Waals surface area contributed by atoms with Crippen LogP contribution < -0.4 is 0 Å². The number of rotatable bonds is 6. The van der Waals surface area contributed by atoms with Crippen LogP contribution in [-0.4, -0.2) is 58.4 Å². The Labute approximate surface area is 198 Å². The third-order valence-electron chi connectivity index (χ3n) is 5.85. The second kappa shape index (κ2) is 10.6.